The number of azide groups is 1. The first kappa shape index (κ1) is 10.5. The Labute approximate surface area is 89.0 Å². The molecule has 0 N–H and O–H groups in total. The molecule has 70 valence electrons. The summed E-state index contributed by atoms with van der Waals surface area (Å²) in [5, 5.41) is 2.91. The van der Waals surface area contributed by atoms with E-state index in [1.54, 1.807) is 6.08 Å². The first-order valence-corrected chi connectivity index (χ1v) is 4.54. The molecule has 0 aliphatic heterocycles. The summed E-state index contributed by atoms with van der Waals surface area (Å²) in [6.07, 6.45) is 2.81. The minimum Gasteiger partial charge on any atom is -0.288 e. The highest BCUT2D eigenvalue weighted by Crippen LogP contribution is 2.12. The van der Waals surface area contributed by atoms with Crippen LogP contribution in [0.1, 0.15) is 5.56 Å². The first-order valence-electron chi connectivity index (χ1n) is 3.75. The van der Waals surface area contributed by atoms with Crippen molar-refractivity contribution in [3.63, 3.8) is 0 Å². The lowest BCUT2D eigenvalue weighted by atomic mass is 10.2. The van der Waals surface area contributed by atoms with Crippen molar-refractivity contribution in [1.29, 1.82) is 0 Å². The summed E-state index contributed by atoms with van der Waals surface area (Å²) >= 11 is 3.30. The van der Waals surface area contributed by atoms with Gasteiger partial charge in [0.05, 0.1) is 0 Å². The zero-order chi connectivity index (χ0) is 10.4. The topological polar surface area (TPSA) is 65.8 Å². The molecule has 1 aromatic carbocycles. The zero-order valence-electron chi connectivity index (χ0n) is 7.09. The molecule has 0 saturated carbocycles. The molecule has 0 radical (unpaired) electrons. The Hall–Kier alpha value is -1.58. The summed E-state index contributed by atoms with van der Waals surface area (Å²) < 4.78 is 0.927. The number of amides is 1. The molecule has 0 aliphatic carbocycles. The van der Waals surface area contributed by atoms with Crippen molar-refractivity contribution < 1.29 is 4.79 Å². The number of hydrogen-bond acceptors (Lipinski definition) is 1. The average molecular weight is 252 g/mol. The number of carbonyl (C=O) groups is 1. The molecule has 0 unspecified atom stereocenters. The van der Waals surface area contributed by atoms with Gasteiger partial charge in [-0.3, -0.25) is 4.79 Å². The largest absolute Gasteiger partial charge is 0.288 e. The number of carbonyl (C=O) groups excluding carboxylic acids is 1. The Bertz CT molecular complexity index is 422. The van der Waals surface area contributed by atoms with Crippen molar-refractivity contribution in [3.05, 3.63) is 50.8 Å². The van der Waals surface area contributed by atoms with Crippen LogP contribution in [0.4, 0.5) is 0 Å². The zero-order valence-corrected chi connectivity index (χ0v) is 8.68. The number of rotatable bonds is 2. The molecule has 0 aromatic heterocycles. The van der Waals surface area contributed by atoms with E-state index in [4.69, 9.17) is 5.53 Å². The smallest absolute Gasteiger partial charge is 0.242 e. The predicted octanol–water partition coefficient (Wildman–Crippen LogP) is 3.30. The summed E-state index contributed by atoms with van der Waals surface area (Å²) in [5.41, 5.74) is 8.84. The van der Waals surface area contributed by atoms with E-state index in [1.165, 1.54) is 6.08 Å². The van der Waals surface area contributed by atoms with Crippen LogP contribution in [0.15, 0.2) is 39.9 Å². The Kier molecular flexibility index (Phi) is 3.91. The van der Waals surface area contributed by atoms with Crippen LogP contribution in [0.3, 0.4) is 0 Å². The van der Waals surface area contributed by atoms with Crippen LogP contribution >= 0.6 is 15.9 Å². The van der Waals surface area contributed by atoms with E-state index in [9.17, 15) is 4.79 Å². The van der Waals surface area contributed by atoms with Crippen LogP contribution in [0.25, 0.3) is 16.5 Å². The highest BCUT2D eigenvalue weighted by molar-refractivity contribution is 9.10. The van der Waals surface area contributed by atoms with Crippen LogP contribution in [-0.4, -0.2) is 5.91 Å². The van der Waals surface area contributed by atoms with Crippen molar-refractivity contribution in [2.24, 2.45) is 5.11 Å². The second kappa shape index (κ2) is 5.21. The van der Waals surface area contributed by atoms with E-state index in [-0.39, 0.29) is 0 Å². The fourth-order valence-electron chi connectivity index (χ4n) is 0.855. The van der Waals surface area contributed by atoms with Gasteiger partial charge in [-0.2, -0.15) is 0 Å². The maximum atomic E-state index is 10.8. The van der Waals surface area contributed by atoms with Gasteiger partial charge in [0.1, 0.15) is 0 Å². The molecule has 0 spiro atoms. The van der Waals surface area contributed by atoms with Crippen LogP contribution in [-0.2, 0) is 4.79 Å². The van der Waals surface area contributed by atoms with Crippen molar-refractivity contribution >= 4 is 27.9 Å². The molecule has 1 rings (SSSR count). The Morgan fingerprint density at radius 3 is 3.00 bits per heavy atom. The van der Waals surface area contributed by atoms with E-state index < -0.39 is 5.91 Å². The van der Waals surface area contributed by atoms with E-state index in [0.717, 1.165) is 10.0 Å². The molecule has 4 nitrogen and oxygen atoms in total. The standard InChI is InChI=1S/C9H6BrN3O/c10-8-3-1-2-7(6-8)4-5-9(14)12-13-11/h1-6H/b5-4+. The highest BCUT2D eigenvalue weighted by atomic mass is 79.9. The van der Waals surface area contributed by atoms with Crippen LogP contribution in [0.2, 0.25) is 0 Å². The molecule has 5 heteroatoms. The minimum atomic E-state index is -0.604. The summed E-state index contributed by atoms with van der Waals surface area (Å²) in [6, 6.07) is 7.42. The van der Waals surface area contributed by atoms with Gasteiger partial charge in [-0.1, -0.05) is 34.1 Å². The molecule has 0 bridgehead atoms. The third-order valence-corrected chi connectivity index (χ3v) is 1.90. The quantitative estimate of drug-likeness (QED) is 0.344. The third kappa shape index (κ3) is 3.43. The van der Waals surface area contributed by atoms with E-state index in [0.29, 0.717) is 0 Å². The molecule has 1 amide bonds. The van der Waals surface area contributed by atoms with Crippen LogP contribution in [0, 0.1) is 0 Å². The van der Waals surface area contributed by atoms with Gasteiger partial charge in [-0.25, -0.2) is 0 Å². The van der Waals surface area contributed by atoms with E-state index in [1.807, 2.05) is 24.3 Å². The van der Waals surface area contributed by atoms with Crippen molar-refractivity contribution in [2.75, 3.05) is 0 Å². The lowest BCUT2D eigenvalue weighted by molar-refractivity contribution is -0.113. The highest BCUT2D eigenvalue weighted by Gasteiger charge is 1.91. The maximum absolute atomic E-state index is 10.8. The molecule has 0 saturated heterocycles. The number of hydrogen-bond donors (Lipinski definition) is 0. The van der Waals surface area contributed by atoms with Crippen molar-refractivity contribution in [1.82, 2.24) is 0 Å². The molecule has 0 atom stereocenters. The lowest BCUT2D eigenvalue weighted by Crippen LogP contribution is -1.82. The molecule has 0 fully saturated rings. The fourth-order valence-corrected chi connectivity index (χ4v) is 1.27. The Balaban J connectivity index is 2.78. The van der Waals surface area contributed by atoms with E-state index >= 15 is 0 Å². The summed E-state index contributed by atoms with van der Waals surface area (Å²) in [6.45, 7) is 0. The average Bonchev–Trinajstić information content (AvgIpc) is 2.15. The molecule has 0 heterocycles. The lowest BCUT2D eigenvalue weighted by Gasteiger charge is -1.92. The third-order valence-electron chi connectivity index (χ3n) is 1.41. The van der Waals surface area contributed by atoms with Crippen molar-refractivity contribution in [3.8, 4) is 0 Å². The van der Waals surface area contributed by atoms with Crippen LogP contribution in [0.5, 0.6) is 0 Å². The Morgan fingerprint density at radius 2 is 2.36 bits per heavy atom. The second-order valence-electron chi connectivity index (χ2n) is 2.42. The maximum Gasteiger partial charge on any atom is 0.242 e. The van der Waals surface area contributed by atoms with Gasteiger partial charge in [0.2, 0.25) is 5.91 Å². The van der Waals surface area contributed by atoms with Gasteiger partial charge in [-0.15, -0.1) is 0 Å². The second-order valence-corrected chi connectivity index (χ2v) is 3.33. The Morgan fingerprint density at radius 1 is 1.57 bits per heavy atom. The molecule has 0 aliphatic rings. The molecular formula is C9H6BrN3O. The summed E-state index contributed by atoms with van der Waals surface area (Å²) in [5.74, 6) is -0.604. The fraction of sp³-hybridized carbons (Fsp3) is 0. The minimum absolute atomic E-state index is 0.604. The van der Waals surface area contributed by atoms with Gasteiger partial charge in [0.25, 0.3) is 0 Å². The normalized spacial score (nSPS) is 9.79. The monoisotopic (exact) mass is 251 g/mol. The van der Waals surface area contributed by atoms with Crippen LogP contribution < -0.4 is 0 Å². The first-order chi connectivity index (χ1) is 6.72. The van der Waals surface area contributed by atoms with Gasteiger partial charge in [0.15, 0.2) is 0 Å². The van der Waals surface area contributed by atoms with Gasteiger partial charge < -0.3 is 0 Å². The SMILES string of the molecule is [N-]=[N+]=NC(=O)/C=C/c1cccc(Br)c1. The summed E-state index contributed by atoms with van der Waals surface area (Å²) in [7, 11) is 0. The predicted molar refractivity (Wildman–Crippen MR) is 57.3 cm³/mol. The number of halogens is 1. The van der Waals surface area contributed by atoms with E-state index in [2.05, 4.69) is 26.0 Å². The van der Waals surface area contributed by atoms with Crippen molar-refractivity contribution in [2.45, 2.75) is 0 Å². The van der Waals surface area contributed by atoms with Gasteiger partial charge >= 0.3 is 0 Å². The molecule has 1 aromatic rings. The molecular weight excluding hydrogens is 246 g/mol. The van der Waals surface area contributed by atoms with Gasteiger partial charge in [-0.05, 0) is 34.4 Å². The number of benzene rings is 1. The van der Waals surface area contributed by atoms with Gasteiger partial charge in [0, 0.05) is 9.38 Å². The number of nitrogens with zero attached hydrogens (tertiary/aromatic N) is 3. The summed E-state index contributed by atoms with van der Waals surface area (Å²) in [4.78, 5) is 13.2. The molecule has 14 heavy (non-hydrogen) atoms.